The molecular weight excluding hydrogens is 587 g/mol. The van der Waals surface area contributed by atoms with E-state index in [0.29, 0.717) is 31.6 Å². The van der Waals surface area contributed by atoms with E-state index in [9.17, 15) is 28.2 Å². The van der Waals surface area contributed by atoms with Crippen molar-refractivity contribution in [2.75, 3.05) is 26.8 Å². The number of hydrogen-bond acceptors (Lipinski definition) is 10. The number of benzene rings is 1. The van der Waals surface area contributed by atoms with Crippen molar-refractivity contribution in [2.24, 2.45) is 0 Å². The van der Waals surface area contributed by atoms with Gasteiger partial charge in [0.25, 0.3) is 0 Å². The fourth-order valence-electron chi connectivity index (χ4n) is 5.62. The standard InChI is InChI=1S/C28H36F3N7O6/c1-28(2,3)44-27(41)36-7-5-17(6-8-36)37-12-16(32-34-37)11-21-26(42-4)24(25(40)22(14-39)43-21)38-13-20(33-35-38)15-9-18(29)23(31)19(30)10-15/h9-10,12-13,17,21-22,24-26,39-40H,5-8,11,14H2,1-4H3/t21-,22-,24+,25+,26+/m1/s1. The molecule has 2 aliphatic heterocycles. The van der Waals surface area contributed by atoms with Crippen LogP contribution < -0.4 is 0 Å². The Kier molecular flexibility index (Phi) is 9.25. The van der Waals surface area contributed by atoms with Crippen molar-refractivity contribution in [2.45, 2.75) is 82.1 Å². The van der Waals surface area contributed by atoms with Crippen LogP contribution in [0.1, 0.15) is 51.4 Å². The molecule has 0 aliphatic carbocycles. The Balaban J connectivity index is 1.30. The Morgan fingerprint density at radius 3 is 2.32 bits per heavy atom. The van der Waals surface area contributed by atoms with Gasteiger partial charge in [0.05, 0.1) is 30.6 Å². The number of aromatic nitrogens is 6. The third-order valence-corrected chi connectivity index (χ3v) is 7.79. The molecule has 16 heteroatoms. The lowest BCUT2D eigenvalue weighted by Crippen LogP contribution is -2.57. The predicted octanol–water partition coefficient (Wildman–Crippen LogP) is 2.45. The number of nitrogens with zero attached hydrogens (tertiary/aromatic N) is 7. The van der Waals surface area contributed by atoms with E-state index >= 15 is 0 Å². The summed E-state index contributed by atoms with van der Waals surface area (Å²) < 4.78 is 61.4. The molecular formula is C28H36F3N7O6. The summed E-state index contributed by atoms with van der Waals surface area (Å²) in [7, 11) is 1.43. The Bertz CT molecular complexity index is 1430. The van der Waals surface area contributed by atoms with E-state index in [-0.39, 0.29) is 29.8 Å². The third kappa shape index (κ3) is 6.72. The first kappa shape index (κ1) is 31.8. The van der Waals surface area contributed by atoms with Crippen LogP contribution >= 0.6 is 0 Å². The molecule has 2 N–H and O–H groups in total. The lowest BCUT2D eigenvalue weighted by molar-refractivity contribution is -0.212. The molecule has 0 unspecified atom stereocenters. The average molecular weight is 624 g/mol. The lowest BCUT2D eigenvalue weighted by Gasteiger charge is -2.43. The van der Waals surface area contributed by atoms with Crippen molar-refractivity contribution < 1.29 is 42.4 Å². The summed E-state index contributed by atoms with van der Waals surface area (Å²) in [6, 6.07) is 0.699. The molecule has 1 aromatic carbocycles. The summed E-state index contributed by atoms with van der Waals surface area (Å²) >= 11 is 0. The molecule has 1 amide bonds. The van der Waals surface area contributed by atoms with Gasteiger partial charge in [-0.15, -0.1) is 10.2 Å². The molecule has 2 saturated heterocycles. The van der Waals surface area contributed by atoms with Crippen molar-refractivity contribution in [3.8, 4) is 11.3 Å². The number of ether oxygens (including phenoxy) is 3. The SMILES string of the molecule is CO[C@@H]1[C@@H](n2cc(-c3cc(F)c(F)c(F)c3)nn2)[C@@H](O)[C@@H](CO)O[C@@H]1Cc1cn(C2CCN(C(=O)OC(C)(C)C)CC2)nn1. The predicted molar refractivity (Wildman–Crippen MR) is 147 cm³/mol. The number of aliphatic hydroxyl groups excluding tert-OH is 2. The Hall–Kier alpha value is -3.60. The Morgan fingerprint density at radius 2 is 1.70 bits per heavy atom. The number of hydrogen-bond donors (Lipinski definition) is 2. The zero-order chi connectivity index (χ0) is 31.8. The van der Waals surface area contributed by atoms with E-state index in [2.05, 4.69) is 20.6 Å². The van der Waals surface area contributed by atoms with Gasteiger partial charge in [-0.3, -0.25) is 0 Å². The highest BCUT2D eigenvalue weighted by atomic mass is 19.2. The normalized spacial score (nSPS) is 24.9. The van der Waals surface area contributed by atoms with Gasteiger partial charge in [-0.1, -0.05) is 10.4 Å². The van der Waals surface area contributed by atoms with Crippen LogP contribution in [0, 0.1) is 17.5 Å². The van der Waals surface area contributed by atoms with Gasteiger partial charge in [0.2, 0.25) is 0 Å². The van der Waals surface area contributed by atoms with Crippen molar-refractivity contribution in [1.29, 1.82) is 0 Å². The van der Waals surface area contributed by atoms with Crippen LogP contribution in [0.15, 0.2) is 24.5 Å². The molecule has 4 heterocycles. The Morgan fingerprint density at radius 1 is 1.05 bits per heavy atom. The topological polar surface area (TPSA) is 150 Å². The lowest BCUT2D eigenvalue weighted by atomic mass is 9.90. The molecule has 5 atom stereocenters. The van der Waals surface area contributed by atoms with E-state index in [1.165, 1.54) is 18.0 Å². The maximum atomic E-state index is 13.8. The van der Waals surface area contributed by atoms with E-state index in [1.807, 2.05) is 20.8 Å². The van der Waals surface area contributed by atoms with E-state index in [4.69, 9.17) is 14.2 Å². The van der Waals surface area contributed by atoms with Gasteiger partial charge in [0.15, 0.2) is 17.5 Å². The summed E-state index contributed by atoms with van der Waals surface area (Å²) in [5.41, 5.74) is -0.00592. The fourth-order valence-corrected chi connectivity index (χ4v) is 5.62. The van der Waals surface area contributed by atoms with Crippen LogP contribution in [-0.2, 0) is 20.6 Å². The molecule has 5 rings (SSSR count). The quantitative estimate of drug-likeness (QED) is 0.376. The minimum atomic E-state index is -1.60. The van der Waals surface area contributed by atoms with Crippen molar-refractivity contribution in [3.63, 3.8) is 0 Å². The van der Waals surface area contributed by atoms with Gasteiger partial charge in [0.1, 0.15) is 35.6 Å². The molecule has 0 spiro atoms. The van der Waals surface area contributed by atoms with Crippen LogP contribution in [0.25, 0.3) is 11.3 Å². The number of carbonyl (C=O) groups excluding carboxylic acids is 1. The van der Waals surface area contributed by atoms with Crippen LogP contribution in [0.3, 0.4) is 0 Å². The highest BCUT2D eigenvalue weighted by Gasteiger charge is 2.47. The summed E-state index contributed by atoms with van der Waals surface area (Å²) in [5.74, 6) is -4.35. The van der Waals surface area contributed by atoms with Gasteiger partial charge >= 0.3 is 6.09 Å². The summed E-state index contributed by atoms with van der Waals surface area (Å²) in [4.78, 5) is 14.1. The molecule has 3 aromatic rings. The minimum absolute atomic E-state index is 0.0231. The van der Waals surface area contributed by atoms with Crippen molar-refractivity contribution in [1.82, 2.24) is 34.9 Å². The maximum absolute atomic E-state index is 13.8. The van der Waals surface area contributed by atoms with E-state index in [0.717, 1.165) is 12.1 Å². The number of carbonyl (C=O) groups is 1. The van der Waals surface area contributed by atoms with Crippen molar-refractivity contribution in [3.05, 3.63) is 47.7 Å². The first-order chi connectivity index (χ1) is 20.9. The molecule has 44 heavy (non-hydrogen) atoms. The zero-order valence-corrected chi connectivity index (χ0v) is 24.8. The Labute approximate surface area is 251 Å². The average Bonchev–Trinajstić information content (AvgIpc) is 3.66. The van der Waals surface area contributed by atoms with Gasteiger partial charge < -0.3 is 29.3 Å². The number of likely N-dealkylation sites (tertiary alicyclic amines) is 1. The molecule has 2 aromatic heterocycles. The maximum Gasteiger partial charge on any atom is 0.410 e. The smallest absolute Gasteiger partial charge is 0.410 e. The molecule has 0 radical (unpaired) electrons. The number of halogens is 3. The molecule has 2 aliphatic rings. The first-order valence-corrected chi connectivity index (χ1v) is 14.3. The second-order valence-corrected chi connectivity index (χ2v) is 12.0. The number of amides is 1. The summed E-state index contributed by atoms with van der Waals surface area (Å²) in [5, 5.41) is 37.6. The van der Waals surface area contributed by atoms with Crippen LogP contribution in [-0.4, -0.2) is 108 Å². The number of methoxy groups -OCH3 is 1. The summed E-state index contributed by atoms with van der Waals surface area (Å²) in [6.45, 7) is 6.00. The van der Waals surface area contributed by atoms with Gasteiger partial charge in [-0.2, -0.15) is 0 Å². The largest absolute Gasteiger partial charge is 0.444 e. The highest BCUT2D eigenvalue weighted by Crippen LogP contribution is 2.34. The number of aliphatic hydroxyl groups is 2. The van der Waals surface area contributed by atoms with Gasteiger partial charge in [0, 0.05) is 38.4 Å². The summed E-state index contributed by atoms with van der Waals surface area (Å²) in [6.07, 6.45) is 0.517. The van der Waals surface area contributed by atoms with Gasteiger partial charge in [-0.25, -0.2) is 27.3 Å². The molecule has 13 nitrogen and oxygen atoms in total. The fraction of sp³-hybridized carbons (Fsp3) is 0.607. The second kappa shape index (κ2) is 12.8. The molecule has 240 valence electrons. The monoisotopic (exact) mass is 623 g/mol. The number of piperidine rings is 1. The third-order valence-electron chi connectivity index (χ3n) is 7.79. The van der Waals surface area contributed by atoms with Gasteiger partial charge in [-0.05, 0) is 45.7 Å². The molecule has 2 fully saturated rings. The highest BCUT2D eigenvalue weighted by molar-refractivity contribution is 5.68. The molecule has 0 saturated carbocycles. The van der Waals surface area contributed by atoms with E-state index in [1.54, 1.807) is 15.8 Å². The second-order valence-electron chi connectivity index (χ2n) is 12.0. The number of rotatable bonds is 7. The van der Waals surface area contributed by atoms with E-state index < -0.39 is 60.1 Å². The van der Waals surface area contributed by atoms with Crippen molar-refractivity contribution >= 4 is 6.09 Å². The zero-order valence-electron chi connectivity index (χ0n) is 24.8. The molecule has 0 bridgehead atoms. The van der Waals surface area contributed by atoms with Crippen LogP contribution in [0.5, 0.6) is 0 Å². The van der Waals surface area contributed by atoms with Crippen LogP contribution in [0.2, 0.25) is 0 Å². The minimum Gasteiger partial charge on any atom is -0.444 e. The van der Waals surface area contributed by atoms with Crippen LogP contribution in [0.4, 0.5) is 18.0 Å². The first-order valence-electron chi connectivity index (χ1n) is 14.3.